The molecule has 1 aliphatic rings. The van der Waals surface area contributed by atoms with Gasteiger partial charge in [-0.3, -0.25) is 4.98 Å². The lowest BCUT2D eigenvalue weighted by atomic mass is 10.0. The van der Waals surface area contributed by atoms with Crippen molar-refractivity contribution in [2.45, 2.75) is 12.3 Å². The van der Waals surface area contributed by atoms with E-state index in [-0.39, 0.29) is 12.4 Å². The van der Waals surface area contributed by atoms with E-state index >= 15 is 0 Å². The molecule has 0 saturated carbocycles. The lowest BCUT2D eigenvalue weighted by Gasteiger charge is -2.06. The standard InChI is InChI=1S/C9H11ClN2.ClH/c10-8-2-4-12-9(5-8)7-1-3-11-6-7;/h2,4-5,7,11H,1,3,6H2;1H. The molecule has 72 valence electrons. The van der Waals surface area contributed by atoms with Crippen LogP contribution in [0.4, 0.5) is 0 Å². The van der Waals surface area contributed by atoms with Gasteiger partial charge in [0.1, 0.15) is 0 Å². The van der Waals surface area contributed by atoms with Gasteiger partial charge in [0, 0.05) is 29.4 Å². The van der Waals surface area contributed by atoms with Crippen molar-refractivity contribution in [3.05, 3.63) is 29.0 Å². The number of hydrogen-bond donors (Lipinski definition) is 1. The van der Waals surface area contributed by atoms with Crippen LogP contribution in [0.5, 0.6) is 0 Å². The first-order valence-corrected chi connectivity index (χ1v) is 4.56. The van der Waals surface area contributed by atoms with E-state index in [2.05, 4.69) is 10.3 Å². The second kappa shape index (κ2) is 4.80. The van der Waals surface area contributed by atoms with Gasteiger partial charge in [0.25, 0.3) is 0 Å². The van der Waals surface area contributed by atoms with Gasteiger partial charge in [-0.05, 0) is 25.1 Å². The molecular formula is C9H12Cl2N2. The van der Waals surface area contributed by atoms with Gasteiger partial charge in [-0.2, -0.15) is 0 Å². The summed E-state index contributed by atoms with van der Waals surface area (Å²) in [5, 5.41) is 4.09. The summed E-state index contributed by atoms with van der Waals surface area (Å²) in [7, 11) is 0. The number of pyridine rings is 1. The summed E-state index contributed by atoms with van der Waals surface area (Å²) >= 11 is 5.86. The number of rotatable bonds is 1. The first-order valence-electron chi connectivity index (χ1n) is 4.18. The Bertz CT molecular complexity index is 272. The third kappa shape index (κ3) is 2.56. The van der Waals surface area contributed by atoms with Crippen LogP contribution in [-0.4, -0.2) is 18.1 Å². The summed E-state index contributed by atoms with van der Waals surface area (Å²) in [5.74, 6) is 0.559. The SMILES string of the molecule is Cl.Clc1ccnc(C2CCNC2)c1. The van der Waals surface area contributed by atoms with E-state index in [1.54, 1.807) is 6.20 Å². The molecule has 2 rings (SSSR count). The second-order valence-electron chi connectivity index (χ2n) is 3.09. The molecule has 1 saturated heterocycles. The molecule has 1 unspecified atom stereocenters. The molecule has 1 atom stereocenters. The Morgan fingerprint density at radius 1 is 1.54 bits per heavy atom. The predicted molar refractivity (Wildman–Crippen MR) is 56.7 cm³/mol. The molecule has 1 aromatic rings. The Morgan fingerprint density at radius 3 is 3.00 bits per heavy atom. The lowest BCUT2D eigenvalue weighted by Crippen LogP contribution is -2.08. The minimum atomic E-state index is 0. The maximum absolute atomic E-state index is 5.86. The maximum atomic E-state index is 5.86. The van der Waals surface area contributed by atoms with E-state index in [9.17, 15) is 0 Å². The molecule has 2 heterocycles. The smallest absolute Gasteiger partial charge is 0.0462 e. The van der Waals surface area contributed by atoms with E-state index in [1.165, 1.54) is 6.42 Å². The Labute approximate surface area is 89.1 Å². The van der Waals surface area contributed by atoms with Crippen molar-refractivity contribution < 1.29 is 0 Å². The van der Waals surface area contributed by atoms with Gasteiger partial charge in [-0.25, -0.2) is 0 Å². The highest BCUT2D eigenvalue weighted by molar-refractivity contribution is 6.30. The van der Waals surface area contributed by atoms with E-state index in [0.717, 1.165) is 23.8 Å². The van der Waals surface area contributed by atoms with E-state index < -0.39 is 0 Å². The largest absolute Gasteiger partial charge is 0.316 e. The molecule has 0 aromatic carbocycles. The molecule has 4 heteroatoms. The highest BCUT2D eigenvalue weighted by Gasteiger charge is 2.17. The second-order valence-corrected chi connectivity index (χ2v) is 3.53. The molecule has 0 aliphatic carbocycles. The Hall–Kier alpha value is -0.310. The third-order valence-corrected chi connectivity index (χ3v) is 2.46. The number of nitrogens with one attached hydrogen (secondary N) is 1. The topological polar surface area (TPSA) is 24.9 Å². The monoisotopic (exact) mass is 218 g/mol. The molecule has 1 N–H and O–H groups in total. The van der Waals surface area contributed by atoms with Gasteiger partial charge in [-0.15, -0.1) is 12.4 Å². The number of aromatic nitrogens is 1. The summed E-state index contributed by atoms with van der Waals surface area (Å²) in [4.78, 5) is 4.30. The van der Waals surface area contributed by atoms with E-state index in [1.807, 2.05) is 12.1 Å². The maximum Gasteiger partial charge on any atom is 0.0462 e. The predicted octanol–water partition coefficient (Wildman–Crippen LogP) is 2.23. The number of nitrogens with zero attached hydrogens (tertiary/aromatic N) is 1. The number of hydrogen-bond acceptors (Lipinski definition) is 2. The van der Waals surface area contributed by atoms with Crippen LogP contribution in [0.15, 0.2) is 18.3 Å². The summed E-state index contributed by atoms with van der Waals surface area (Å²) in [6.45, 7) is 2.13. The lowest BCUT2D eigenvalue weighted by molar-refractivity contribution is 0.735. The van der Waals surface area contributed by atoms with Crippen LogP contribution >= 0.6 is 24.0 Å². The fraction of sp³-hybridized carbons (Fsp3) is 0.444. The van der Waals surface area contributed by atoms with Crippen molar-refractivity contribution in [1.29, 1.82) is 0 Å². The average Bonchev–Trinajstić information content (AvgIpc) is 2.56. The van der Waals surface area contributed by atoms with E-state index in [0.29, 0.717) is 5.92 Å². The van der Waals surface area contributed by atoms with Gasteiger partial charge >= 0.3 is 0 Å². The van der Waals surface area contributed by atoms with Gasteiger partial charge in [0.15, 0.2) is 0 Å². The van der Waals surface area contributed by atoms with Crippen molar-refractivity contribution in [1.82, 2.24) is 10.3 Å². The zero-order chi connectivity index (χ0) is 8.39. The van der Waals surface area contributed by atoms with Gasteiger partial charge in [0.2, 0.25) is 0 Å². The van der Waals surface area contributed by atoms with Crippen molar-refractivity contribution in [3.8, 4) is 0 Å². The molecule has 2 nitrogen and oxygen atoms in total. The number of halogens is 2. The van der Waals surface area contributed by atoms with Crippen molar-refractivity contribution >= 4 is 24.0 Å². The van der Waals surface area contributed by atoms with Crippen molar-refractivity contribution in [2.75, 3.05) is 13.1 Å². The molecule has 13 heavy (non-hydrogen) atoms. The summed E-state index contributed by atoms with van der Waals surface area (Å²) < 4.78 is 0. The van der Waals surface area contributed by atoms with Crippen LogP contribution in [0.25, 0.3) is 0 Å². The average molecular weight is 219 g/mol. The molecular weight excluding hydrogens is 207 g/mol. The summed E-state index contributed by atoms with van der Waals surface area (Å²) in [6.07, 6.45) is 2.95. The Balaban J connectivity index is 0.000000845. The molecule has 0 amide bonds. The van der Waals surface area contributed by atoms with E-state index in [4.69, 9.17) is 11.6 Å². The van der Waals surface area contributed by atoms with Gasteiger partial charge in [-0.1, -0.05) is 11.6 Å². The fourth-order valence-corrected chi connectivity index (χ4v) is 1.72. The highest BCUT2D eigenvalue weighted by atomic mass is 35.5. The molecule has 0 radical (unpaired) electrons. The molecule has 1 aromatic heterocycles. The van der Waals surface area contributed by atoms with Crippen LogP contribution in [-0.2, 0) is 0 Å². The summed E-state index contributed by atoms with van der Waals surface area (Å²) in [6, 6.07) is 3.77. The van der Waals surface area contributed by atoms with Crippen LogP contribution in [0.2, 0.25) is 5.02 Å². The van der Waals surface area contributed by atoms with Gasteiger partial charge < -0.3 is 5.32 Å². The normalized spacial score (nSPS) is 21.2. The molecule has 1 aliphatic heterocycles. The summed E-state index contributed by atoms with van der Waals surface area (Å²) in [5.41, 5.74) is 1.12. The van der Waals surface area contributed by atoms with Crippen LogP contribution in [0.1, 0.15) is 18.0 Å². The zero-order valence-electron chi connectivity index (χ0n) is 7.16. The third-order valence-electron chi connectivity index (χ3n) is 2.22. The zero-order valence-corrected chi connectivity index (χ0v) is 8.74. The highest BCUT2D eigenvalue weighted by Crippen LogP contribution is 2.22. The minimum Gasteiger partial charge on any atom is -0.316 e. The van der Waals surface area contributed by atoms with Crippen LogP contribution < -0.4 is 5.32 Å². The molecule has 0 spiro atoms. The quantitative estimate of drug-likeness (QED) is 0.783. The van der Waals surface area contributed by atoms with Crippen molar-refractivity contribution in [2.24, 2.45) is 0 Å². The minimum absolute atomic E-state index is 0. The Morgan fingerprint density at radius 2 is 2.38 bits per heavy atom. The Kier molecular flexibility index (Phi) is 3.97. The molecule has 0 bridgehead atoms. The van der Waals surface area contributed by atoms with Crippen molar-refractivity contribution in [3.63, 3.8) is 0 Å². The van der Waals surface area contributed by atoms with Crippen LogP contribution in [0.3, 0.4) is 0 Å². The van der Waals surface area contributed by atoms with Gasteiger partial charge in [0.05, 0.1) is 0 Å². The molecule has 1 fully saturated rings. The fourth-order valence-electron chi connectivity index (χ4n) is 1.55. The first-order chi connectivity index (χ1) is 5.86. The first kappa shape index (κ1) is 10.8. The van der Waals surface area contributed by atoms with Crippen LogP contribution in [0, 0.1) is 0 Å².